The molecule has 0 bridgehead atoms. The molecule has 1 heterocycles. The number of nitrogens with one attached hydrogen (secondary N) is 1. The van der Waals surface area contributed by atoms with E-state index in [4.69, 9.17) is 4.74 Å². The second-order valence-electron chi connectivity index (χ2n) is 6.35. The molecule has 1 aliphatic rings. The van der Waals surface area contributed by atoms with Crippen LogP contribution in [0, 0.1) is 5.92 Å². The molecule has 0 aromatic heterocycles. The number of carbonyl (C=O) groups is 1. The Morgan fingerprint density at radius 3 is 2.56 bits per heavy atom. The van der Waals surface area contributed by atoms with Crippen LogP contribution in [0.25, 0.3) is 0 Å². The zero-order valence-electron chi connectivity index (χ0n) is 14.9. The van der Waals surface area contributed by atoms with E-state index >= 15 is 0 Å². The molecule has 8 heteroatoms. The van der Waals surface area contributed by atoms with Gasteiger partial charge in [-0.25, -0.2) is 8.42 Å². The summed E-state index contributed by atoms with van der Waals surface area (Å²) in [4.78, 5) is 12.8. The van der Waals surface area contributed by atoms with Crippen molar-refractivity contribution in [1.82, 2.24) is 4.31 Å². The summed E-state index contributed by atoms with van der Waals surface area (Å²) in [6, 6.07) is 13.6. The normalized spacial score (nSPS) is 18.1. The van der Waals surface area contributed by atoms with E-state index in [0.29, 0.717) is 30.8 Å². The number of benzene rings is 2. The van der Waals surface area contributed by atoms with Crippen molar-refractivity contribution in [1.29, 1.82) is 0 Å². The Balaban J connectivity index is 1.72. The quantitative estimate of drug-likeness (QED) is 0.752. The molecule has 0 saturated carbocycles. The van der Waals surface area contributed by atoms with Crippen LogP contribution >= 0.6 is 15.9 Å². The highest BCUT2D eigenvalue weighted by Gasteiger charge is 2.33. The average molecular weight is 453 g/mol. The highest BCUT2D eigenvalue weighted by Crippen LogP contribution is 2.27. The number of hydrogen-bond acceptors (Lipinski definition) is 4. The minimum absolute atomic E-state index is 0.170. The van der Waals surface area contributed by atoms with Gasteiger partial charge in [0.05, 0.1) is 23.6 Å². The van der Waals surface area contributed by atoms with Crippen LogP contribution < -0.4 is 10.1 Å². The Labute approximate surface area is 167 Å². The minimum atomic E-state index is -3.65. The average Bonchev–Trinajstić information content (AvgIpc) is 2.70. The molecule has 2 aromatic rings. The third kappa shape index (κ3) is 4.51. The van der Waals surface area contributed by atoms with Gasteiger partial charge < -0.3 is 10.1 Å². The summed E-state index contributed by atoms with van der Waals surface area (Å²) in [5, 5.41) is 2.88. The van der Waals surface area contributed by atoms with Crippen molar-refractivity contribution in [2.24, 2.45) is 5.92 Å². The lowest BCUT2D eigenvalue weighted by Gasteiger charge is -2.31. The number of anilines is 1. The third-order valence-electron chi connectivity index (χ3n) is 4.58. The monoisotopic (exact) mass is 452 g/mol. The summed E-state index contributed by atoms with van der Waals surface area (Å²) in [6.45, 7) is 0.581. The van der Waals surface area contributed by atoms with E-state index in [9.17, 15) is 13.2 Å². The maximum absolute atomic E-state index is 12.9. The molecule has 27 heavy (non-hydrogen) atoms. The van der Waals surface area contributed by atoms with Crippen molar-refractivity contribution < 1.29 is 17.9 Å². The van der Waals surface area contributed by atoms with Gasteiger partial charge in [0, 0.05) is 17.6 Å². The van der Waals surface area contributed by atoms with Gasteiger partial charge in [-0.2, -0.15) is 4.31 Å². The molecule has 0 spiro atoms. The number of piperidine rings is 1. The molecule has 0 aliphatic carbocycles. The molecule has 0 unspecified atom stereocenters. The number of sulfonamides is 1. The number of nitrogens with zero attached hydrogens (tertiary/aromatic N) is 1. The predicted octanol–water partition coefficient (Wildman–Crippen LogP) is 3.50. The molecule has 144 valence electrons. The van der Waals surface area contributed by atoms with Crippen molar-refractivity contribution in [3.05, 3.63) is 53.0 Å². The zero-order chi connectivity index (χ0) is 19.4. The summed E-state index contributed by atoms with van der Waals surface area (Å²) in [7, 11) is -2.12. The van der Waals surface area contributed by atoms with E-state index < -0.39 is 10.0 Å². The summed E-state index contributed by atoms with van der Waals surface area (Å²) in [5.41, 5.74) is 0.678. The van der Waals surface area contributed by atoms with E-state index in [2.05, 4.69) is 21.2 Å². The van der Waals surface area contributed by atoms with Gasteiger partial charge in [0.25, 0.3) is 0 Å². The summed E-state index contributed by atoms with van der Waals surface area (Å²) < 4.78 is 33.1. The van der Waals surface area contributed by atoms with Crippen LogP contribution in [-0.4, -0.2) is 38.8 Å². The van der Waals surface area contributed by atoms with Crippen LogP contribution in [0.4, 0.5) is 5.69 Å². The SMILES string of the molecule is COc1ccc(S(=O)(=O)N2CCC[C@H](C(=O)Nc3ccccc3Br)C2)cc1. The molecule has 0 radical (unpaired) electrons. The number of carbonyl (C=O) groups excluding carboxylic acids is 1. The molecule has 2 aromatic carbocycles. The Morgan fingerprint density at radius 1 is 1.19 bits per heavy atom. The summed E-state index contributed by atoms with van der Waals surface area (Å²) >= 11 is 3.40. The van der Waals surface area contributed by atoms with Crippen LogP contribution in [0.5, 0.6) is 5.75 Å². The van der Waals surface area contributed by atoms with Crippen molar-refractivity contribution >= 4 is 37.5 Å². The molecule has 1 N–H and O–H groups in total. The van der Waals surface area contributed by atoms with Crippen LogP contribution in [0.1, 0.15) is 12.8 Å². The van der Waals surface area contributed by atoms with Gasteiger partial charge in [-0.15, -0.1) is 0 Å². The number of halogens is 1. The van der Waals surface area contributed by atoms with E-state index in [-0.39, 0.29) is 23.3 Å². The Kier molecular flexibility index (Phi) is 6.18. The van der Waals surface area contributed by atoms with Crippen LogP contribution in [-0.2, 0) is 14.8 Å². The molecular formula is C19H21BrN2O4S. The van der Waals surface area contributed by atoms with E-state index in [1.807, 2.05) is 18.2 Å². The van der Waals surface area contributed by atoms with Gasteiger partial charge >= 0.3 is 0 Å². The molecule has 6 nitrogen and oxygen atoms in total. The lowest BCUT2D eigenvalue weighted by molar-refractivity contribution is -0.120. The van der Waals surface area contributed by atoms with Gasteiger partial charge in [-0.05, 0) is 65.2 Å². The standard InChI is InChI=1S/C19H21BrN2O4S/c1-26-15-8-10-16(11-9-15)27(24,25)22-12-4-5-14(13-22)19(23)21-18-7-3-2-6-17(18)20/h2-3,6-11,14H,4-5,12-13H2,1H3,(H,21,23)/t14-/m0/s1. The highest BCUT2D eigenvalue weighted by atomic mass is 79.9. The van der Waals surface area contributed by atoms with Gasteiger partial charge in [0.2, 0.25) is 15.9 Å². The lowest BCUT2D eigenvalue weighted by atomic mass is 9.99. The van der Waals surface area contributed by atoms with Gasteiger partial charge in [-0.1, -0.05) is 12.1 Å². The number of ether oxygens (including phenoxy) is 1. The summed E-state index contributed by atoms with van der Waals surface area (Å²) in [6.07, 6.45) is 1.30. The maximum Gasteiger partial charge on any atom is 0.243 e. The molecule has 1 fully saturated rings. The molecule has 1 saturated heterocycles. The number of hydrogen-bond donors (Lipinski definition) is 1. The molecule has 1 atom stereocenters. The first-order valence-corrected chi connectivity index (χ1v) is 10.8. The fourth-order valence-corrected chi connectivity index (χ4v) is 4.98. The second-order valence-corrected chi connectivity index (χ2v) is 9.14. The fraction of sp³-hybridized carbons (Fsp3) is 0.316. The Hall–Kier alpha value is -1.90. The third-order valence-corrected chi connectivity index (χ3v) is 7.15. The first-order chi connectivity index (χ1) is 12.9. The van der Waals surface area contributed by atoms with Crippen molar-refractivity contribution in [3.63, 3.8) is 0 Å². The fourth-order valence-electron chi connectivity index (χ4n) is 3.07. The largest absolute Gasteiger partial charge is 0.497 e. The second kappa shape index (κ2) is 8.41. The number of amides is 1. The van der Waals surface area contributed by atoms with Gasteiger partial charge in [0.15, 0.2) is 0 Å². The van der Waals surface area contributed by atoms with E-state index in [1.54, 1.807) is 18.2 Å². The highest BCUT2D eigenvalue weighted by molar-refractivity contribution is 9.10. The van der Waals surface area contributed by atoms with E-state index in [1.165, 1.54) is 23.5 Å². The molecule has 1 amide bonds. The predicted molar refractivity (Wildman–Crippen MR) is 107 cm³/mol. The van der Waals surface area contributed by atoms with Gasteiger partial charge in [0.1, 0.15) is 5.75 Å². The number of rotatable bonds is 5. The lowest BCUT2D eigenvalue weighted by Crippen LogP contribution is -2.43. The number of para-hydroxylation sites is 1. The minimum Gasteiger partial charge on any atom is -0.497 e. The van der Waals surface area contributed by atoms with Crippen LogP contribution in [0.2, 0.25) is 0 Å². The molecule has 1 aliphatic heterocycles. The first kappa shape index (κ1) is 19.9. The molecular weight excluding hydrogens is 432 g/mol. The maximum atomic E-state index is 12.9. The van der Waals surface area contributed by atoms with Gasteiger partial charge in [-0.3, -0.25) is 4.79 Å². The van der Waals surface area contributed by atoms with Crippen molar-refractivity contribution in [3.8, 4) is 5.75 Å². The topological polar surface area (TPSA) is 75.7 Å². The summed E-state index contributed by atoms with van der Waals surface area (Å²) in [5.74, 6) is 0.0358. The Bertz CT molecular complexity index is 916. The van der Waals surface area contributed by atoms with Crippen LogP contribution in [0.3, 0.4) is 0 Å². The Morgan fingerprint density at radius 2 is 1.89 bits per heavy atom. The molecule has 3 rings (SSSR count). The van der Waals surface area contributed by atoms with Crippen molar-refractivity contribution in [2.75, 3.05) is 25.5 Å². The first-order valence-electron chi connectivity index (χ1n) is 8.61. The number of methoxy groups -OCH3 is 1. The zero-order valence-corrected chi connectivity index (χ0v) is 17.3. The smallest absolute Gasteiger partial charge is 0.243 e. The van der Waals surface area contributed by atoms with Crippen LogP contribution in [0.15, 0.2) is 57.9 Å². The van der Waals surface area contributed by atoms with Crippen molar-refractivity contribution in [2.45, 2.75) is 17.7 Å². The van der Waals surface area contributed by atoms with E-state index in [0.717, 1.165) is 4.47 Å².